The first-order valence-corrected chi connectivity index (χ1v) is 7.06. The molecule has 1 saturated heterocycles. The number of carbonyl (C=O) groups is 2. The van der Waals surface area contributed by atoms with Gasteiger partial charge in [0.2, 0.25) is 11.8 Å². The molecule has 1 aromatic rings. The molecule has 2 amide bonds. The second-order valence-corrected chi connectivity index (χ2v) is 5.42. The molecule has 1 atom stereocenters. The van der Waals surface area contributed by atoms with Crippen LogP contribution in [0.2, 0.25) is 0 Å². The van der Waals surface area contributed by atoms with Gasteiger partial charge in [0, 0.05) is 13.0 Å². The van der Waals surface area contributed by atoms with Crippen molar-refractivity contribution in [3.8, 4) is 0 Å². The Labute approximate surface area is 120 Å². The summed E-state index contributed by atoms with van der Waals surface area (Å²) in [5, 5.41) is 4.35. The number of hydrogen-bond acceptors (Lipinski definition) is 4. The highest BCUT2D eigenvalue weighted by Crippen LogP contribution is 2.24. The van der Waals surface area contributed by atoms with E-state index in [-0.39, 0.29) is 18.4 Å². The van der Waals surface area contributed by atoms with Gasteiger partial charge >= 0.3 is 0 Å². The number of aryl methyl sites for hydroxylation is 2. The zero-order valence-electron chi connectivity index (χ0n) is 11.0. The number of rotatable bonds is 3. The SMILES string of the molecule is CCn1nc(C)c(Br)c1CN1C(=O)CCC(N)C1=O. The first-order valence-electron chi connectivity index (χ1n) is 6.27. The maximum atomic E-state index is 12.0. The third kappa shape index (κ3) is 2.57. The van der Waals surface area contributed by atoms with Gasteiger partial charge in [0.1, 0.15) is 0 Å². The third-order valence-electron chi connectivity index (χ3n) is 3.31. The number of amides is 2. The molecule has 0 aliphatic carbocycles. The van der Waals surface area contributed by atoms with E-state index in [0.29, 0.717) is 19.4 Å². The van der Waals surface area contributed by atoms with Crippen molar-refractivity contribution >= 4 is 27.7 Å². The van der Waals surface area contributed by atoms with Gasteiger partial charge in [-0.05, 0) is 36.2 Å². The molecule has 2 N–H and O–H groups in total. The first kappa shape index (κ1) is 14.2. The molecular formula is C12H17BrN4O2. The second-order valence-electron chi connectivity index (χ2n) is 4.63. The number of nitrogens with two attached hydrogens (primary N) is 1. The molecule has 7 heteroatoms. The van der Waals surface area contributed by atoms with Crippen LogP contribution in [0.5, 0.6) is 0 Å². The first-order chi connectivity index (χ1) is 8.95. The molecule has 6 nitrogen and oxygen atoms in total. The lowest BCUT2D eigenvalue weighted by atomic mass is 10.0. The van der Waals surface area contributed by atoms with Gasteiger partial charge in [0.15, 0.2) is 0 Å². The minimum absolute atomic E-state index is 0.167. The van der Waals surface area contributed by atoms with Crippen LogP contribution >= 0.6 is 15.9 Å². The molecule has 0 spiro atoms. The molecule has 0 saturated carbocycles. The zero-order valence-corrected chi connectivity index (χ0v) is 12.6. The summed E-state index contributed by atoms with van der Waals surface area (Å²) in [6, 6.07) is -0.574. The fraction of sp³-hybridized carbons (Fsp3) is 0.583. The quantitative estimate of drug-likeness (QED) is 0.837. The Bertz CT molecular complexity index is 526. The third-order valence-corrected chi connectivity index (χ3v) is 4.35. The molecule has 1 fully saturated rings. The molecule has 1 unspecified atom stereocenters. The van der Waals surface area contributed by atoms with Crippen molar-refractivity contribution in [1.82, 2.24) is 14.7 Å². The molecule has 0 aromatic carbocycles. The van der Waals surface area contributed by atoms with E-state index < -0.39 is 6.04 Å². The van der Waals surface area contributed by atoms with E-state index >= 15 is 0 Å². The molecule has 1 aromatic heterocycles. The Kier molecular flexibility index (Phi) is 4.05. The van der Waals surface area contributed by atoms with Gasteiger partial charge in [-0.3, -0.25) is 19.2 Å². The number of hydrogen-bond donors (Lipinski definition) is 1. The predicted molar refractivity (Wildman–Crippen MR) is 73.1 cm³/mol. The summed E-state index contributed by atoms with van der Waals surface area (Å²) in [6.07, 6.45) is 0.755. The van der Waals surface area contributed by atoms with E-state index in [9.17, 15) is 9.59 Å². The van der Waals surface area contributed by atoms with Crippen molar-refractivity contribution in [1.29, 1.82) is 0 Å². The Hall–Kier alpha value is -1.21. The van der Waals surface area contributed by atoms with E-state index in [2.05, 4.69) is 21.0 Å². The number of nitrogens with zero attached hydrogens (tertiary/aromatic N) is 3. The maximum absolute atomic E-state index is 12.0. The number of halogens is 1. The fourth-order valence-corrected chi connectivity index (χ4v) is 2.61. The van der Waals surface area contributed by atoms with Gasteiger partial charge in [-0.2, -0.15) is 5.10 Å². The number of imide groups is 1. The van der Waals surface area contributed by atoms with Gasteiger partial charge in [-0.1, -0.05) is 0 Å². The van der Waals surface area contributed by atoms with E-state index in [1.165, 1.54) is 4.90 Å². The van der Waals surface area contributed by atoms with Crippen molar-refractivity contribution in [3.05, 3.63) is 15.9 Å². The van der Waals surface area contributed by atoms with Crippen LogP contribution in [-0.4, -0.2) is 32.5 Å². The summed E-state index contributed by atoms with van der Waals surface area (Å²) in [5.41, 5.74) is 7.40. The van der Waals surface area contributed by atoms with Gasteiger partial charge < -0.3 is 5.73 Å². The Morgan fingerprint density at radius 3 is 2.79 bits per heavy atom. The topological polar surface area (TPSA) is 81.2 Å². The largest absolute Gasteiger partial charge is 0.320 e. The summed E-state index contributed by atoms with van der Waals surface area (Å²) in [4.78, 5) is 25.1. The van der Waals surface area contributed by atoms with Crippen LogP contribution in [0.25, 0.3) is 0 Å². The van der Waals surface area contributed by atoms with Gasteiger partial charge in [-0.25, -0.2) is 0 Å². The van der Waals surface area contributed by atoms with E-state index in [1.807, 2.05) is 13.8 Å². The fourth-order valence-electron chi connectivity index (χ4n) is 2.20. The standard InChI is InChI=1S/C12H17BrN4O2/c1-3-17-9(11(13)7(2)15-17)6-16-10(18)5-4-8(14)12(16)19/h8H,3-6,14H2,1-2H3. The van der Waals surface area contributed by atoms with E-state index in [0.717, 1.165) is 15.9 Å². The maximum Gasteiger partial charge on any atom is 0.246 e. The average molecular weight is 329 g/mol. The Balaban J connectivity index is 2.29. The van der Waals surface area contributed by atoms with Crippen LogP contribution in [0.15, 0.2) is 4.47 Å². The minimum atomic E-state index is -0.574. The van der Waals surface area contributed by atoms with Gasteiger partial charge in [0.05, 0.1) is 28.4 Å². The normalized spacial score (nSPS) is 20.2. The number of piperidine rings is 1. The highest BCUT2D eigenvalue weighted by molar-refractivity contribution is 9.10. The zero-order chi connectivity index (χ0) is 14.2. The van der Waals surface area contributed by atoms with Crippen LogP contribution in [0.3, 0.4) is 0 Å². The lowest BCUT2D eigenvalue weighted by Crippen LogP contribution is -2.50. The number of aromatic nitrogens is 2. The van der Waals surface area contributed by atoms with Crippen LogP contribution in [0.4, 0.5) is 0 Å². The van der Waals surface area contributed by atoms with Crippen molar-refractivity contribution in [2.75, 3.05) is 0 Å². The summed E-state index contributed by atoms with van der Waals surface area (Å²) >= 11 is 3.46. The predicted octanol–water partition coefficient (Wildman–Crippen LogP) is 0.950. The summed E-state index contributed by atoms with van der Waals surface area (Å²) in [5.74, 6) is -0.468. The van der Waals surface area contributed by atoms with E-state index in [1.54, 1.807) is 4.68 Å². The minimum Gasteiger partial charge on any atom is -0.320 e. The Morgan fingerprint density at radius 2 is 2.16 bits per heavy atom. The second kappa shape index (κ2) is 5.42. The van der Waals surface area contributed by atoms with Crippen LogP contribution in [0, 0.1) is 6.92 Å². The molecule has 19 heavy (non-hydrogen) atoms. The number of likely N-dealkylation sites (tertiary alicyclic amines) is 1. The van der Waals surface area contributed by atoms with Crippen LogP contribution in [0.1, 0.15) is 31.2 Å². The monoisotopic (exact) mass is 328 g/mol. The average Bonchev–Trinajstić information content (AvgIpc) is 2.66. The summed E-state index contributed by atoms with van der Waals surface area (Å²) < 4.78 is 2.63. The molecule has 0 bridgehead atoms. The van der Waals surface area contributed by atoms with Crippen LogP contribution in [-0.2, 0) is 22.7 Å². The smallest absolute Gasteiger partial charge is 0.246 e. The van der Waals surface area contributed by atoms with E-state index in [4.69, 9.17) is 5.73 Å². The van der Waals surface area contributed by atoms with Crippen molar-refractivity contribution in [2.24, 2.45) is 5.73 Å². The summed E-state index contributed by atoms with van der Waals surface area (Å²) in [6.45, 7) is 4.75. The van der Waals surface area contributed by atoms with Crippen LogP contribution < -0.4 is 5.73 Å². The van der Waals surface area contributed by atoms with Crippen molar-refractivity contribution in [2.45, 2.75) is 45.8 Å². The highest BCUT2D eigenvalue weighted by Gasteiger charge is 2.33. The lowest BCUT2D eigenvalue weighted by Gasteiger charge is -2.28. The molecular weight excluding hydrogens is 312 g/mol. The van der Waals surface area contributed by atoms with Gasteiger partial charge in [-0.15, -0.1) is 0 Å². The summed E-state index contributed by atoms with van der Waals surface area (Å²) in [7, 11) is 0. The highest BCUT2D eigenvalue weighted by atomic mass is 79.9. The van der Waals surface area contributed by atoms with Gasteiger partial charge in [0.25, 0.3) is 0 Å². The van der Waals surface area contributed by atoms with Crippen molar-refractivity contribution in [3.63, 3.8) is 0 Å². The molecule has 2 rings (SSSR count). The van der Waals surface area contributed by atoms with Crippen molar-refractivity contribution < 1.29 is 9.59 Å². The molecule has 1 aliphatic heterocycles. The lowest BCUT2D eigenvalue weighted by molar-refractivity contribution is -0.150. The number of carbonyl (C=O) groups excluding carboxylic acids is 2. The molecule has 104 valence electrons. The molecule has 2 heterocycles. The molecule has 1 aliphatic rings. The Morgan fingerprint density at radius 1 is 1.47 bits per heavy atom. The molecule has 0 radical (unpaired) electrons.